The molecule has 0 radical (unpaired) electrons. The Hall–Kier alpha value is -2.40. The molecule has 1 aliphatic heterocycles. The normalized spacial score (nSPS) is 18.0. The van der Waals surface area contributed by atoms with Gasteiger partial charge in [-0.05, 0) is 55.7 Å². The van der Waals surface area contributed by atoms with Gasteiger partial charge in [-0.15, -0.1) is 0 Å². The van der Waals surface area contributed by atoms with Crippen molar-refractivity contribution in [2.24, 2.45) is 4.99 Å². The van der Waals surface area contributed by atoms with Gasteiger partial charge in [0.25, 0.3) is 5.91 Å². The molecule has 1 unspecified atom stereocenters. The quantitative estimate of drug-likeness (QED) is 0.482. The fourth-order valence-corrected chi connectivity index (χ4v) is 7.15. The van der Waals surface area contributed by atoms with Crippen LogP contribution in [0.1, 0.15) is 43.0 Å². The zero-order chi connectivity index (χ0) is 24.3. The highest BCUT2D eigenvalue weighted by Gasteiger charge is 2.32. The third-order valence-electron chi connectivity index (χ3n) is 6.12. The van der Waals surface area contributed by atoms with E-state index < -0.39 is 21.7 Å². The Balaban J connectivity index is 1.65. The van der Waals surface area contributed by atoms with Gasteiger partial charge in [-0.1, -0.05) is 30.7 Å². The summed E-state index contributed by atoms with van der Waals surface area (Å²) in [4.78, 5) is 17.7. The second-order valence-corrected chi connectivity index (χ2v) is 11.1. The minimum atomic E-state index is -3.63. The molecule has 0 saturated carbocycles. The average molecular weight is 506 g/mol. The van der Waals surface area contributed by atoms with E-state index in [9.17, 15) is 17.6 Å². The minimum Gasteiger partial charge on any atom is -0.383 e. The molecule has 7 nitrogen and oxygen atoms in total. The van der Waals surface area contributed by atoms with Crippen LogP contribution >= 0.6 is 11.3 Å². The van der Waals surface area contributed by atoms with Crippen molar-refractivity contribution in [3.05, 3.63) is 58.6 Å². The molecule has 1 atom stereocenters. The molecule has 4 rings (SSSR count). The van der Waals surface area contributed by atoms with Crippen LogP contribution in [0.5, 0.6) is 0 Å². The van der Waals surface area contributed by atoms with Crippen LogP contribution in [0.2, 0.25) is 0 Å². The number of halogens is 1. The highest BCUT2D eigenvalue weighted by atomic mass is 32.2. The third-order valence-corrected chi connectivity index (χ3v) is 9.13. The fraction of sp³-hybridized carbons (Fsp3) is 0.417. The molecule has 34 heavy (non-hydrogen) atoms. The van der Waals surface area contributed by atoms with E-state index in [2.05, 4.69) is 4.99 Å². The lowest BCUT2D eigenvalue weighted by molar-refractivity contribution is 0.0997. The van der Waals surface area contributed by atoms with Crippen LogP contribution in [0.4, 0.5) is 4.39 Å². The number of hydrogen-bond acceptors (Lipinski definition) is 5. The Morgan fingerprint density at radius 1 is 1.21 bits per heavy atom. The molecule has 1 aliphatic rings. The molecule has 1 aromatic heterocycles. The molecule has 0 N–H and O–H groups in total. The van der Waals surface area contributed by atoms with Crippen LogP contribution in [0.25, 0.3) is 10.2 Å². The number of piperidine rings is 1. The molecule has 2 aromatic carbocycles. The maximum atomic E-state index is 14.5. The number of carbonyl (C=O) groups is 1. The van der Waals surface area contributed by atoms with Crippen molar-refractivity contribution in [2.45, 2.75) is 50.1 Å². The number of rotatable bonds is 7. The van der Waals surface area contributed by atoms with Crippen LogP contribution in [0.15, 0.2) is 52.4 Å². The van der Waals surface area contributed by atoms with Crippen molar-refractivity contribution in [3.8, 4) is 0 Å². The first-order valence-electron chi connectivity index (χ1n) is 11.3. The van der Waals surface area contributed by atoms with E-state index >= 15 is 0 Å². The number of carbonyl (C=O) groups excluding carboxylic acids is 1. The SMILES string of the molecule is CCC1CCCCN1S(=O)(=O)c1ccc(C(=O)N=c2sc3cccc(F)c3n2CCOC)cc1. The molecule has 182 valence electrons. The van der Waals surface area contributed by atoms with Crippen molar-refractivity contribution >= 4 is 37.5 Å². The number of methoxy groups -OCH3 is 1. The summed E-state index contributed by atoms with van der Waals surface area (Å²) in [7, 11) is -2.08. The maximum Gasteiger partial charge on any atom is 0.279 e. The highest BCUT2D eigenvalue weighted by Crippen LogP contribution is 2.27. The largest absolute Gasteiger partial charge is 0.383 e. The van der Waals surface area contributed by atoms with Gasteiger partial charge in [-0.25, -0.2) is 12.8 Å². The summed E-state index contributed by atoms with van der Waals surface area (Å²) >= 11 is 1.22. The number of hydrogen-bond donors (Lipinski definition) is 0. The summed E-state index contributed by atoms with van der Waals surface area (Å²) in [5.74, 6) is -0.914. The van der Waals surface area contributed by atoms with E-state index in [0.29, 0.717) is 34.7 Å². The first kappa shape index (κ1) is 24.7. The van der Waals surface area contributed by atoms with Crippen LogP contribution in [0, 0.1) is 5.82 Å². The zero-order valence-corrected chi connectivity index (χ0v) is 20.9. The van der Waals surface area contributed by atoms with Crippen molar-refractivity contribution in [2.75, 3.05) is 20.3 Å². The minimum absolute atomic E-state index is 0.00552. The van der Waals surface area contributed by atoms with Gasteiger partial charge in [0, 0.05) is 31.8 Å². The maximum absolute atomic E-state index is 14.5. The summed E-state index contributed by atoms with van der Waals surface area (Å²) < 4.78 is 49.8. The standard InChI is InChI=1S/C24H28FN3O4S2/c1-3-18-7-4-5-14-28(18)34(30,31)19-12-10-17(11-13-19)23(29)26-24-27(15-16-32-2)22-20(25)8-6-9-21(22)33-24/h6,8-13,18H,3-5,7,14-16H2,1-2H3. The second kappa shape index (κ2) is 10.5. The molecule has 1 saturated heterocycles. The van der Waals surface area contributed by atoms with Crippen LogP contribution in [0.3, 0.4) is 0 Å². The van der Waals surface area contributed by atoms with Gasteiger partial charge in [-0.3, -0.25) is 4.79 Å². The Kier molecular flexibility index (Phi) is 7.61. The predicted molar refractivity (Wildman–Crippen MR) is 130 cm³/mol. The van der Waals surface area contributed by atoms with Gasteiger partial charge < -0.3 is 9.30 Å². The molecule has 1 amide bonds. The van der Waals surface area contributed by atoms with Crippen molar-refractivity contribution in [1.82, 2.24) is 8.87 Å². The summed E-state index contributed by atoms with van der Waals surface area (Å²) in [6.45, 7) is 3.19. The van der Waals surface area contributed by atoms with Gasteiger partial charge in [0.2, 0.25) is 10.0 Å². The Labute approximate surface area is 202 Å². The zero-order valence-electron chi connectivity index (χ0n) is 19.2. The van der Waals surface area contributed by atoms with Gasteiger partial charge in [0.05, 0.1) is 21.7 Å². The van der Waals surface area contributed by atoms with E-state index in [4.69, 9.17) is 4.74 Å². The Morgan fingerprint density at radius 2 is 1.97 bits per heavy atom. The fourth-order valence-electron chi connectivity index (χ4n) is 4.32. The lowest BCUT2D eigenvalue weighted by Gasteiger charge is -2.34. The predicted octanol–water partition coefficient (Wildman–Crippen LogP) is 4.18. The van der Waals surface area contributed by atoms with Gasteiger partial charge in [-0.2, -0.15) is 9.30 Å². The number of benzene rings is 2. The number of thiazole rings is 1. The summed E-state index contributed by atoms with van der Waals surface area (Å²) in [5, 5.41) is 0. The first-order chi connectivity index (χ1) is 16.4. The molecule has 2 heterocycles. The monoisotopic (exact) mass is 505 g/mol. The molecule has 3 aromatic rings. The molecule has 10 heteroatoms. The Bertz CT molecular complexity index is 1350. The van der Waals surface area contributed by atoms with E-state index in [1.807, 2.05) is 6.92 Å². The van der Waals surface area contributed by atoms with Crippen LogP contribution in [-0.4, -0.2) is 49.5 Å². The van der Waals surface area contributed by atoms with E-state index in [1.165, 1.54) is 41.7 Å². The van der Waals surface area contributed by atoms with Crippen molar-refractivity contribution < 1.29 is 22.3 Å². The summed E-state index contributed by atoms with van der Waals surface area (Å²) in [6, 6.07) is 10.7. The second-order valence-electron chi connectivity index (χ2n) is 8.23. The lowest BCUT2D eigenvalue weighted by atomic mass is 10.0. The summed E-state index contributed by atoms with van der Waals surface area (Å²) in [6.07, 6.45) is 3.52. The molecule has 0 spiro atoms. The number of aromatic nitrogens is 1. The third kappa shape index (κ3) is 4.86. The first-order valence-corrected chi connectivity index (χ1v) is 13.6. The summed E-state index contributed by atoms with van der Waals surface area (Å²) in [5.41, 5.74) is 0.644. The smallest absolute Gasteiger partial charge is 0.279 e. The number of fused-ring (bicyclic) bond motifs is 1. The number of ether oxygens (including phenoxy) is 1. The highest BCUT2D eigenvalue weighted by molar-refractivity contribution is 7.89. The van der Waals surface area contributed by atoms with Crippen molar-refractivity contribution in [3.63, 3.8) is 0 Å². The molecule has 1 fully saturated rings. The van der Waals surface area contributed by atoms with Gasteiger partial charge in [0.1, 0.15) is 5.82 Å². The van der Waals surface area contributed by atoms with Crippen molar-refractivity contribution in [1.29, 1.82) is 0 Å². The number of amides is 1. The van der Waals surface area contributed by atoms with Crippen LogP contribution in [-0.2, 0) is 21.3 Å². The number of nitrogens with zero attached hydrogens (tertiary/aromatic N) is 3. The lowest BCUT2D eigenvalue weighted by Crippen LogP contribution is -2.43. The molecular formula is C24H28FN3O4S2. The van der Waals surface area contributed by atoms with E-state index in [-0.39, 0.29) is 16.5 Å². The average Bonchev–Trinajstić information content (AvgIpc) is 3.20. The topological polar surface area (TPSA) is 81.0 Å². The van der Waals surface area contributed by atoms with Gasteiger partial charge in [0.15, 0.2) is 4.80 Å². The molecule has 0 aliphatic carbocycles. The number of para-hydroxylation sites is 1. The van der Waals surface area contributed by atoms with Crippen LogP contribution < -0.4 is 4.80 Å². The molecular weight excluding hydrogens is 477 g/mol. The molecule has 0 bridgehead atoms. The van der Waals surface area contributed by atoms with E-state index in [1.54, 1.807) is 28.1 Å². The number of sulfonamides is 1. The Morgan fingerprint density at radius 3 is 2.68 bits per heavy atom. The van der Waals surface area contributed by atoms with E-state index in [0.717, 1.165) is 25.7 Å². The van der Waals surface area contributed by atoms with Gasteiger partial charge >= 0.3 is 0 Å².